The molecule has 10 heteroatoms. The number of carbonyl (C=O) groups excluding carboxylic acids is 1. The zero-order valence-corrected chi connectivity index (χ0v) is 22.8. The van der Waals surface area contributed by atoms with Crippen molar-refractivity contribution in [2.75, 3.05) is 42.5 Å². The second-order valence-electron chi connectivity index (χ2n) is 10.2. The van der Waals surface area contributed by atoms with Gasteiger partial charge in [0.25, 0.3) is 0 Å². The Labute approximate surface area is 218 Å². The maximum atomic E-state index is 12.7. The van der Waals surface area contributed by atoms with Crippen LogP contribution in [-0.2, 0) is 4.74 Å². The maximum absolute atomic E-state index is 12.7. The lowest BCUT2D eigenvalue weighted by Crippen LogP contribution is -2.54. The molecule has 1 aliphatic rings. The van der Waals surface area contributed by atoms with Crippen LogP contribution in [0.5, 0.6) is 0 Å². The van der Waals surface area contributed by atoms with Crippen LogP contribution in [0.3, 0.4) is 0 Å². The number of anilines is 2. The van der Waals surface area contributed by atoms with Gasteiger partial charge in [-0.2, -0.15) is 0 Å². The van der Waals surface area contributed by atoms with Crippen molar-refractivity contribution in [1.82, 2.24) is 24.4 Å². The summed E-state index contributed by atoms with van der Waals surface area (Å²) in [6.45, 7) is 15.6. The fourth-order valence-electron chi connectivity index (χ4n) is 4.67. The van der Waals surface area contributed by atoms with Gasteiger partial charge < -0.3 is 19.4 Å². The first-order valence-electron chi connectivity index (χ1n) is 12.6. The molecule has 4 heterocycles. The Morgan fingerprint density at radius 2 is 2.00 bits per heavy atom. The first-order valence-corrected chi connectivity index (χ1v) is 13.0. The van der Waals surface area contributed by atoms with Crippen LogP contribution in [-0.4, -0.2) is 74.9 Å². The molecule has 0 bridgehead atoms. The van der Waals surface area contributed by atoms with Crippen molar-refractivity contribution in [3.8, 4) is 5.82 Å². The Morgan fingerprint density at radius 3 is 2.64 bits per heavy atom. The second kappa shape index (κ2) is 10.5. The Morgan fingerprint density at radius 1 is 1.22 bits per heavy atom. The van der Waals surface area contributed by atoms with Crippen LogP contribution in [0.1, 0.15) is 48.0 Å². The molecule has 1 amide bonds. The normalized spacial score (nSPS) is 16.5. The van der Waals surface area contributed by atoms with E-state index in [1.807, 2.05) is 31.4 Å². The van der Waals surface area contributed by atoms with E-state index in [-0.39, 0.29) is 12.1 Å². The first-order chi connectivity index (χ1) is 17.1. The number of amides is 1. The van der Waals surface area contributed by atoms with Gasteiger partial charge in [0, 0.05) is 62.2 Å². The van der Waals surface area contributed by atoms with Gasteiger partial charge in [0.15, 0.2) is 5.65 Å². The molecule has 3 aromatic heterocycles. The first kappa shape index (κ1) is 26.0. The molecule has 0 aliphatic carbocycles. The Hall–Kier alpha value is -3.07. The third kappa shape index (κ3) is 5.36. The number of fused-ring (bicyclic) bond motifs is 1. The number of ether oxygens (including phenoxy) is 1. The van der Waals surface area contributed by atoms with Crippen LogP contribution in [0, 0.1) is 0 Å². The van der Waals surface area contributed by atoms with Crippen LogP contribution in [0.25, 0.3) is 16.9 Å². The lowest BCUT2D eigenvalue weighted by atomic mass is 10.1. The summed E-state index contributed by atoms with van der Waals surface area (Å²) in [6.07, 6.45) is 6.13. The van der Waals surface area contributed by atoms with E-state index < -0.39 is 5.60 Å². The summed E-state index contributed by atoms with van der Waals surface area (Å²) < 4.78 is 7.59. The zero-order valence-electron chi connectivity index (χ0n) is 22.0. The highest BCUT2D eigenvalue weighted by molar-refractivity contribution is 6.30. The number of carbonyl (C=O) groups is 1. The largest absolute Gasteiger partial charge is 0.444 e. The molecule has 0 unspecified atom stereocenters. The molecule has 36 heavy (non-hydrogen) atoms. The summed E-state index contributed by atoms with van der Waals surface area (Å²) in [4.78, 5) is 33.1. The minimum absolute atomic E-state index is 0.0473. The van der Waals surface area contributed by atoms with Gasteiger partial charge in [-0.3, -0.25) is 4.57 Å². The topological polar surface area (TPSA) is 79.6 Å². The van der Waals surface area contributed by atoms with E-state index in [2.05, 4.69) is 46.7 Å². The highest BCUT2D eigenvalue weighted by atomic mass is 35.5. The van der Waals surface area contributed by atoms with E-state index in [1.54, 1.807) is 23.5 Å². The molecule has 194 valence electrons. The number of hydrogen-bond acceptors (Lipinski definition) is 7. The fourth-order valence-corrected chi connectivity index (χ4v) is 4.82. The Kier molecular flexibility index (Phi) is 7.59. The number of piperazine rings is 1. The lowest BCUT2D eigenvalue weighted by Gasteiger charge is -2.41. The predicted molar refractivity (Wildman–Crippen MR) is 144 cm³/mol. The summed E-state index contributed by atoms with van der Waals surface area (Å²) >= 11 is 6.30. The standard InChI is InChI=1S/C26H36ClN7O2/c1-7-11-31(8-2)20-16-34(21-14-19(27)9-10-28-21)24-22(20)23(29-17-30-24)33-13-12-32(15-18(33)3)25(35)36-26(4,5)6/h9-10,14,16-18H,7-8,11-13,15H2,1-6H3/t18-/m0/s1. The minimum atomic E-state index is -0.522. The summed E-state index contributed by atoms with van der Waals surface area (Å²) in [5.74, 6) is 1.57. The van der Waals surface area contributed by atoms with E-state index in [0.29, 0.717) is 30.5 Å². The fraction of sp³-hybridized carbons (Fsp3) is 0.538. The number of nitrogens with zero attached hydrogens (tertiary/aromatic N) is 7. The Bertz CT molecular complexity index is 1220. The molecule has 1 fully saturated rings. The molecule has 3 aromatic rings. The van der Waals surface area contributed by atoms with E-state index in [1.165, 1.54) is 0 Å². The van der Waals surface area contributed by atoms with Gasteiger partial charge in [0.1, 0.15) is 23.6 Å². The minimum Gasteiger partial charge on any atom is -0.444 e. The quantitative estimate of drug-likeness (QED) is 0.451. The van der Waals surface area contributed by atoms with Gasteiger partial charge >= 0.3 is 6.09 Å². The summed E-state index contributed by atoms with van der Waals surface area (Å²) in [5, 5.41) is 1.60. The van der Waals surface area contributed by atoms with Crippen LogP contribution in [0.15, 0.2) is 30.9 Å². The number of rotatable bonds is 6. The molecule has 0 saturated carbocycles. The van der Waals surface area contributed by atoms with E-state index in [4.69, 9.17) is 21.3 Å². The monoisotopic (exact) mass is 513 g/mol. The molecule has 1 atom stereocenters. The molecular formula is C26H36ClN7O2. The molecular weight excluding hydrogens is 478 g/mol. The third-order valence-electron chi connectivity index (χ3n) is 6.26. The van der Waals surface area contributed by atoms with Gasteiger partial charge in [-0.25, -0.2) is 19.7 Å². The molecule has 9 nitrogen and oxygen atoms in total. The maximum Gasteiger partial charge on any atom is 0.410 e. The van der Waals surface area contributed by atoms with Gasteiger partial charge in [0.2, 0.25) is 0 Å². The van der Waals surface area contributed by atoms with Gasteiger partial charge in [0.05, 0.1) is 11.1 Å². The van der Waals surface area contributed by atoms with Gasteiger partial charge in [-0.15, -0.1) is 0 Å². The summed E-state index contributed by atoms with van der Waals surface area (Å²) in [6, 6.07) is 3.65. The third-order valence-corrected chi connectivity index (χ3v) is 6.50. The number of pyridine rings is 1. The molecule has 0 N–H and O–H groups in total. The molecule has 1 aliphatic heterocycles. The highest BCUT2D eigenvalue weighted by Crippen LogP contribution is 2.37. The smallest absolute Gasteiger partial charge is 0.410 e. The van der Waals surface area contributed by atoms with Crippen LogP contribution < -0.4 is 9.80 Å². The average molecular weight is 514 g/mol. The highest BCUT2D eigenvalue weighted by Gasteiger charge is 2.32. The van der Waals surface area contributed by atoms with Crippen molar-refractivity contribution in [1.29, 1.82) is 0 Å². The second-order valence-corrected chi connectivity index (χ2v) is 10.6. The molecule has 0 radical (unpaired) electrons. The molecule has 0 aromatic carbocycles. The number of halogens is 1. The van der Waals surface area contributed by atoms with Crippen molar-refractivity contribution in [3.63, 3.8) is 0 Å². The van der Waals surface area contributed by atoms with Crippen molar-refractivity contribution < 1.29 is 9.53 Å². The number of hydrogen-bond donors (Lipinski definition) is 0. The van der Waals surface area contributed by atoms with Crippen LogP contribution >= 0.6 is 11.6 Å². The Balaban J connectivity index is 1.76. The predicted octanol–water partition coefficient (Wildman–Crippen LogP) is 5.15. The SMILES string of the molecule is CCCN(CC)c1cn(-c2cc(Cl)ccn2)c2ncnc(N3CCN(C(=O)OC(C)(C)C)C[C@@H]3C)c12. The summed E-state index contributed by atoms with van der Waals surface area (Å²) in [5.41, 5.74) is 1.32. The summed E-state index contributed by atoms with van der Waals surface area (Å²) in [7, 11) is 0. The van der Waals surface area contributed by atoms with Crippen molar-refractivity contribution in [3.05, 3.63) is 35.9 Å². The molecule has 4 rings (SSSR count). The van der Waals surface area contributed by atoms with E-state index in [0.717, 1.165) is 42.0 Å². The molecule has 0 spiro atoms. The zero-order chi connectivity index (χ0) is 26.0. The lowest BCUT2D eigenvalue weighted by molar-refractivity contribution is 0.0218. The molecule has 1 saturated heterocycles. The van der Waals surface area contributed by atoms with E-state index >= 15 is 0 Å². The van der Waals surface area contributed by atoms with Crippen LogP contribution in [0.2, 0.25) is 5.02 Å². The number of aromatic nitrogens is 4. The van der Waals surface area contributed by atoms with E-state index in [9.17, 15) is 4.79 Å². The average Bonchev–Trinajstić information content (AvgIpc) is 3.21. The van der Waals surface area contributed by atoms with Gasteiger partial charge in [-0.1, -0.05) is 18.5 Å². The van der Waals surface area contributed by atoms with Crippen molar-refractivity contribution in [2.45, 2.75) is 59.6 Å². The van der Waals surface area contributed by atoms with Crippen molar-refractivity contribution in [2.24, 2.45) is 0 Å². The van der Waals surface area contributed by atoms with Gasteiger partial charge in [-0.05, 0) is 47.1 Å². The van der Waals surface area contributed by atoms with Crippen LogP contribution in [0.4, 0.5) is 16.3 Å². The van der Waals surface area contributed by atoms with Crippen molar-refractivity contribution >= 4 is 40.2 Å².